The second kappa shape index (κ2) is 6.35. The number of aromatic hydroxyl groups is 1. The topological polar surface area (TPSA) is 71.2 Å². The number of hydrogen-bond acceptors (Lipinski definition) is 5. The van der Waals surface area contributed by atoms with E-state index in [0.717, 1.165) is 38.7 Å². The molecule has 2 aromatic carbocycles. The van der Waals surface area contributed by atoms with Crippen molar-refractivity contribution in [2.24, 2.45) is 5.73 Å². The number of thiophene rings is 1. The number of phenols is 1. The van der Waals surface area contributed by atoms with E-state index >= 15 is 0 Å². The fourth-order valence-electron chi connectivity index (χ4n) is 3.16. The molecule has 2 aromatic heterocycles. The van der Waals surface area contributed by atoms with E-state index in [1.807, 2.05) is 25.3 Å². The summed E-state index contributed by atoms with van der Waals surface area (Å²) in [6.45, 7) is 2.61. The number of hydrogen-bond donors (Lipinski definition) is 3. The Hall–Kier alpha value is -2.63. The molecule has 0 atom stereocenters. The van der Waals surface area contributed by atoms with Crippen LogP contribution in [0, 0.1) is 6.92 Å². The normalized spacial score (nSPS) is 11.3. The van der Waals surface area contributed by atoms with E-state index in [4.69, 9.17) is 5.73 Å². The lowest BCUT2D eigenvalue weighted by molar-refractivity contribution is 0.478. The zero-order valence-electron chi connectivity index (χ0n) is 13.9. The van der Waals surface area contributed by atoms with Gasteiger partial charge in [-0.05, 0) is 60.7 Å². The summed E-state index contributed by atoms with van der Waals surface area (Å²) in [5.74, 6) is 0.233. The summed E-state index contributed by atoms with van der Waals surface area (Å²) in [5.41, 5.74) is 10.3. The predicted molar refractivity (Wildman–Crippen MR) is 106 cm³/mol. The van der Waals surface area contributed by atoms with Crippen LogP contribution in [0.15, 0.2) is 48.0 Å². The summed E-state index contributed by atoms with van der Waals surface area (Å²) in [7, 11) is 0. The van der Waals surface area contributed by atoms with Crippen LogP contribution in [-0.2, 0) is 6.42 Å². The van der Waals surface area contributed by atoms with Crippen LogP contribution >= 0.6 is 11.3 Å². The van der Waals surface area contributed by atoms with Gasteiger partial charge in [-0.2, -0.15) is 0 Å². The minimum atomic E-state index is 0.233. The maximum Gasteiger partial charge on any atom is 0.140 e. The van der Waals surface area contributed by atoms with E-state index in [2.05, 4.69) is 33.9 Å². The number of nitrogens with one attached hydrogen (secondary N) is 1. The van der Waals surface area contributed by atoms with Gasteiger partial charge in [0.05, 0.1) is 15.9 Å². The molecule has 0 aliphatic rings. The summed E-state index contributed by atoms with van der Waals surface area (Å²) < 4.78 is 1.11. The Kier molecular flexibility index (Phi) is 4.03. The number of nitrogens with zero attached hydrogens (tertiary/aromatic N) is 1. The summed E-state index contributed by atoms with van der Waals surface area (Å²) >= 11 is 1.65. The highest BCUT2D eigenvalue weighted by molar-refractivity contribution is 7.17. The Balaban J connectivity index is 1.87. The quantitative estimate of drug-likeness (QED) is 0.467. The molecule has 0 fully saturated rings. The van der Waals surface area contributed by atoms with Crippen LogP contribution < -0.4 is 11.1 Å². The molecular weight excluding hydrogens is 330 g/mol. The molecule has 0 amide bonds. The Morgan fingerprint density at radius 3 is 2.76 bits per heavy atom. The molecule has 4 nitrogen and oxygen atoms in total. The fourth-order valence-corrected chi connectivity index (χ4v) is 3.92. The molecule has 4 aromatic rings. The Bertz CT molecular complexity index is 1050. The maximum atomic E-state index is 10.6. The van der Waals surface area contributed by atoms with Gasteiger partial charge in [0.1, 0.15) is 5.75 Å². The van der Waals surface area contributed by atoms with Crippen molar-refractivity contribution in [1.82, 2.24) is 4.98 Å². The van der Waals surface area contributed by atoms with E-state index in [1.165, 1.54) is 5.56 Å². The van der Waals surface area contributed by atoms with Crippen LogP contribution in [0.2, 0.25) is 0 Å². The monoisotopic (exact) mass is 349 g/mol. The number of pyridine rings is 1. The first-order chi connectivity index (χ1) is 12.2. The Labute approximate surface area is 149 Å². The second-order valence-electron chi connectivity index (χ2n) is 6.13. The molecule has 4 N–H and O–H groups in total. The van der Waals surface area contributed by atoms with Crippen LogP contribution in [0.3, 0.4) is 0 Å². The van der Waals surface area contributed by atoms with Gasteiger partial charge in [-0.1, -0.05) is 12.1 Å². The average Bonchev–Trinajstić information content (AvgIpc) is 3.08. The summed E-state index contributed by atoms with van der Waals surface area (Å²) in [6.07, 6.45) is 2.76. The third-order valence-corrected chi connectivity index (χ3v) is 5.25. The highest BCUT2D eigenvalue weighted by atomic mass is 32.1. The van der Waals surface area contributed by atoms with Gasteiger partial charge in [-0.3, -0.25) is 4.98 Å². The molecular formula is C20H19N3OS. The number of fused-ring (bicyclic) bond motifs is 3. The second-order valence-corrected chi connectivity index (χ2v) is 7.08. The number of aryl methyl sites for hydroxylation is 1. The zero-order valence-corrected chi connectivity index (χ0v) is 14.7. The minimum Gasteiger partial charge on any atom is -0.506 e. The van der Waals surface area contributed by atoms with Crippen molar-refractivity contribution in [3.63, 3.8) is 0 Å². The number of anilines is 2. The molecule has 0 radical (unpaired) electrons. The minimum absolute atomic E-state index is 0.233. The summed E-state index contributed by atoms with van der Waals surface area (Å²) in [6, 6.07) is 12.0. The Morgan fingerprint density at radius 2 is 2.00 bits per heavy atom. The molecule has 0 spiro atoms. The van der Waals surface area contributed by atoms with Crippen molar-refractivity contribution in [3.05, 3.63) is 59.1 Å². The smallest absolute Gasteiger partial charge is 0.140 e. The summed E-state index contributed by atoms with van der Waals surface area (Å²) in [4.78, 5) is 4.61. The first-order valence-electron chi connectivity index (χ1n) is 8.22. The van der Waals surface area contributed by atoms with Crippen molar-refractivity contribution >= 4 is 43.7 Å². The standard InChI is InChI=1S/C20H19N3OS/c1-12-10-16(24)20(23-14-4-2-13(3-5-14)6-8-21)18-15-7-9-25-17(15)11-22-19(12)18/h2-5,7,9-11,23-24H,6,8,21H2,1H3. The Morgan fingerprint density at radius 1 is 1.20 bits per heavy atom. The van der Waals surface area contributed by atoms with Gasteiger partial charge in [0.2, 0.25) is 0 Å². The van der Waals surface area contributed by atoms with E-state index < -0.39 is 0 Å². The van der Waals surface area contributed by atoms with Crippen molar-refractivity contribution in [3.8, 4) is 5.75 Å². The molecule has 0 aliphatic heterocycles. The molecule has 2 heterocycles. The summed E-state index contributed by atoms with van der Waals surface area (Å²) in [5, 5.41) is 18.1. The van der Waals surface area contributed by atoms with Crippen molar-refractivity contribution in [2.75, 3.05) is 11.9 Å². The van der Waals surface area contributed by atoms with Crippen molar-refractivity contribution in [1.29, 1.82) is 0 Å². The van der Waals surface area contributed by atoms with E-state index in [9.17, 15) is 5.11 Å². The molecule has 126 valence electrons. The van der Waals surface area contributed by atoms with E-state index in [-0.39, 0.29) is 5.75 Å². The van der Waals surface area contributed by atoms with E-state index in [0.29, 0.717) is 12.2 Å². The van der Waals surface area contributed by atoms with Crippen LogP contribution in [0.25, 0.3) is 21.0 Å². The molecule has 5 heteroatoms. The maximum absolute atomic E-state index is 10.6. The van der Waals surface area contributed by atoms with Gasteiger partial charge in [-0.15, -0.1) is 11.3 Å². The highest BCUT2D eigenvalue weighted by Crippen LogP contribution is 2.40. The van der Waals surface area contributed by atoms with Gasteiger partial charge >= 0.3 is 0 Å². The van der Waals surface area contributed by atoms with Gasteiger partial charge in [0.25, 0.3) is 0 Å². The SMILES string of the molecule is Cc1cc(O)c(Nc2ccc(CCN)cc2)c2c1ncc1sccc12. The molecule has 0 saturated heterocycles. The zero-order chi connectivity index (χ0) is 17.4. The number of benzene rings is 2. The van der Waals surface area contributed by atoms with Crippen LogP contribution in [-0.4, -0.2) is 16.6 Å². The lowest BCUT2D eigenvalue weighted by atomic mass is 10.0. The molecule has 4 rings (SSSR count). The number of rotatable bonds is 4. The molecule has 0 unspecified atom stereocenters. The van der Waals surface area contributed by atoms with Crippen molar-refractivity contribution in [2.45, 2.75) is 13.3 Å². The van der Waals surface area contributed by atoms with Crippen LogP contribution in [0.1, 0.15) is 11.1 Å². The average molecular weight is 349 g/mol. The number of nitrogens with two attached hydrogens (primary N) is 1. The van der Waals surface area contributed by atoms with Crippen LogP contribution in [0.4, 0.5) is 11.4 Å². The lowest BCUT2D eigenvalue weighted by Gasteiger charge is -2.14. The highest BCUT2D eigenvalue weighted by Gasteiger charge is 2.15. The third kappa shape index (κ3) is 2.81. The first-order valence-corrected chi connectivity index (χ1v) is 9.10. The van der Waals surface area contributed by atoms with Crippen LogP contribution in [0.5, 0.6) is 5.75 Å². The molecule has 25 heavy (non-hydrogen) atoms. The molecule has 0 bridgehead atoms. The molecule has 0 saturated carbocycles. The molecule has 0 aliphatic carbocycles. The largest absolute Gasteiger partial charge is 0.506 e. The van der Waals surface area contributed by atoms with Gasteiger partial charge < -0.3 is 16.2 Å². The van der Waals surface area contributed by atoms with E-state index in [1.54, 1.807) is 17.4 Å². The van der Waals surface area contributed by atoms with Gasteiger partial charge in [-0.25, -0.2) is 0 Å². The number of phenolic OH excluding ortho intramolecular Hbond substituents is 1. The first kappa shape index (κ1) is 15.9. The number of aromatic nitrogens is 1. The lowest BCUT2D eigenvalue weighted by Crippen LogP contribution is -2.02. The third-order valence-electron chi connectivity index (χ3n) is 4.40. The predicted octanol–water partition coefficient (Wildman–Crippen LogP) is 4.71. The fraction of sp³-hybridized carbons (Fsp3) is 0.150. The van der Waals surface area contributed by atoms with Gasteiger partial charge in [0.15, 0.2) is 0 Å². The van der Waals surface area contributed by atoms with Crippen molar-refractivity contribution < 1.29 is 5.11 Å². The van der Waals surface area contributed by atoms with Gasteiger partial charge in [0, 0.05) is 22.7 Å².